The van der Waals surface area contributed by atoms with Crippen LogP contribution in [0.15, 0.2) is 64.4 Å². The minimum absolute atomic E-state index is 0.178. The van der Waals surface area contributed by atoms with Crippen LogP contribution in [0.4, 0.5) is 5.69 Å². The average molecular weight is 370 g/mol. The van der Waals surface area contributed by atoms with Gasteiger partial charge in [0.25, 0.3) is 5.91 Å². The Bertz CT molecular complexity index is 810. The van der Waals surface area contributed by atoms with Gasteiger partial charge in [0, 0.05) is 16.2 Å². The molecule has 6 nitrogen and oxygen atoms in total. The lowest BCUT2D eigenvalue weighted by Crippen LogP contribution is -2.36. The van der Waals surface area contributed by atoms with Crippen LogP contribution >= 0.6 is 11.8 Å². The van der Waals surface area contributed by atoms with Crippen molar-refractivity contribution >= 4 is 35.2 Å². The van der Waals surface area contributed by atoms with Gasteiger partial charge in [0.1, 0.15) is 6.04 Å². The molecule has 0 unspecified atom stereocenters. The number of carbonyl (C=O) groups is 3. The summed E-state index contributed by atoms with van der Waals surface area (Å²) in [7, 11) is 0. The summed E-state index contributed by atoms with van der Waals surface area (Å²) >= 11 is 1.53. The van der Waals surface area contributed by atoms with Crippen molar-refractivity contribution < 1.29 is 19.1 Å². The van der Waals surface area contributed by atoms with Crippen LogP contribution < -0.4 is 10.6 Å². The van der Waals surface area contributed by atoms with Crippen LogP contribution in [-0.2, 0) is 19.1 Å². The standard InChI is InChI=1S/C19H18N2O4S/c22-17-11-10-15(21-17)19(24)25-12-18(23)20-14-8-4-5-9-16(14)26-13-6-2-1-3-7-13/h1-9,15H,10-12H2,(H,20,23)(H,21,22)/t15-/m0/s1. The topological polar surface area (TPSA) is 84.5 Å². The van der Waals surface area contributed by atoms with Gasteiger partial charge in [-0.1, -0.05) is 42.1 Å². The molecule has 1 atom stereocenters. The molecule has 2 amide bonds. The molecule has 7 heteroatoms. The Morgan fingerprint density at radius 2 is 1.85 bits per heavy atom. The quantitative estimate of drug-likeness (QED) is 0.764. The van der Waals surface area contributed by atoms with E-state index in [1.807, 2.05) is 48.5 Å². The summed E-state index contributed by atoms with van der Waals surface area (Å²) in [6.07, 6.45) is 0.700. The minimum atomic E-state index is -0.656. The van der Waals surface area contributed by atoms with Crippen molar-refractivity contribution in [3.05, 3.63) is 54.6 Å². The van der Waals surface area contributed by atoms with Gasteiger partial charge in [-0.15, -0.1) is 0 Å². The summed E-state index contributed by atoms with van der Waals surface area (Å²) < 4.78 is 4.99. The second-order valence-electron chi connectivity index (χ2n) is 5.73. The van der Waals surface area contributed by atoms with Crippen molar-refractivity contribution in [3.63, 3.8) is 0 Å². The molecule has 1 fully saturated rings. The maximum Gasteiger partial charge on any atom is 0.329 e. The van der Waals surface area contributed by atoms with E-state index in [1.54, 1.807) is 6.07 Å². The highest BCUT2D eigenvalue weighted by molar-refractivity contribution is 7.99. The van der Waals surface area contributed by atoms with Gasteiger partial charge in [-0.3, -0.25) is 9.59 Å². The van der Waals surface area contributed by atoms with Gasteiger partial charge in [0.2, 0.25) is 5.91 Å². The van der Waals surface area contributed by atoms with Gasteiger partial charge in [-0.2, -0.15) is 0 Å². The fraction of sp³-hybridized carbons (Fsp3) is 0.211. The van der Waals surface area contributed by atoms with E-state index in [1.165, 1.54) is 11.8 Å². The third-order valence-electron chi connectivity index (χ3n) is 3.76. The average Bonchev–Trinajstić information content (AvgIpc) is 3.09. The number of benzene rings is 2. The van der Waals surface area contributed by atoms with Gasteiger partial charge in [0.15, 0.2) is 6.61 Å². The highest BCUT2D eigenvalue weighted by Gasteiger charge is 2.28. The fourth-order valence-corrected chi connectivity index (χ4v) is 3.41. The van der Waals surface area contributed by atoms with Crippen LogP contribution in [-0.4, -0.2) is 30.4 Å². The number of esters is 1. The summed E-state index contributed by atoms with van der Waals surface area (Å²) in [4.78, 5) is 37.0. The van der Waals surface area contributed by atoms with E-state index < -0.39 is 24.5 Å². The zero-order chi connectivity index (χ0) is 18.4. The molecular weight excluding hydrogens is 352 g/mol. The van der Waals surface area contributed by atoms with Crippen molar-refractivity contribution in [3.8, 4) is 0 Å². The van der Waals surface area contributed by atoms with Gasteiger partial charge >= 0.3 is 5.97 Å². The molecule has 0 saturated carbocycles. The lowest BCUT2D eigenvalue weighted by Gasteiger charge is -2.12. The van der Waals surface area contributed by atoms with Crippen LogP contribution in [0.3, 0.4) is 0 Å². The van der Waals surface area contributed by atoms with E-state index in [9.17, 15) is 14.4 Å². The number of rotatable bonds is 6. The number of hydrogen-bond donors (Lipinski definition) is 2. The third-order valence-corrected chi connectivity index (χ3v) is 4.84. The highest BCUT2D eigenvalue weighted by Crippen LogP contribution is 2.33. The Labute approximate surface area is 155 Å². The monoisotopic (exact) mass is 370 g/mol. The van der Waals surface area contributed by atoms with Crippen LogP contribution in [0.2, 0.25) is 0 Å². The second kappa shape index (κ2) is 8.53. The molecule has 0 bridgehead atoms. The molecule has 1 saturated heterocycles. The summed E-state index contributed by atoms with van der Waals surface area (Å²) in [5.74, 6) is -1.19. The minimum Gasteiger partial charge on any atom is -0.454 e. The molecule has 2 N–H and O–H groups in total. The molecule has 1 aliphatic rings. The first-order chi connectivity index (χ1) is 12.6. The Kier molecular flexibility index (Phi) is 5.91. The first-order valence-electron chi connectivity index (χ1n) is 8.19. The Hall–Kier alpha value is -2.80. The molecule has 0 radical (unpaired) electrons. The molecule has 0 spiro atoms. The smallest absolute Gasteiger partial charge is 0.329 e. The number of amides is 2. The normalized spacial score (nSPS) is 16.0. The molecule has 26 heavy (non-hydrogen) atoms. The number of carbonyl (C=O) groups excluding carboxylic acids is 3. The summed E-state index contributed by atoms with van der Waals surface area (Å²) in [5.41, 5.74) is 0.650. The Morgan fingerprint density at radius 1 is 1.12 bits per heavy atom. The predicted molar refractivity (Wildman–Crippen MR) is 97.8 cm³/mol. The first kappa shape index (κ1) is 18.0. The van der Waals surface area contributed by atoms with Crippen molar-refractivity contribution in [1.82, 2.24) is 5.32 Å². The maximum absolute atomic E-state index is 12.1. The fourth-order valence-electron chi connectivity index (χ4n) is 2.49. The number of para-hydroxylation sites is 1. The van der Waals surface area contributed by atoms with E-state index in [2.05, 4.69) is 10.6 Å². The summed E-state index contributed by atoms with van der Waals surface area (Å²) in [6, 6.07) is 16.6. The van der Waals surface area contributed by atoms with Gasteiger partial charge in [0.05, 0.1) is 5.69 Å². The lowest BCUT2D eigenvalue weighted by molar-refractivity contribution is -0.149. The van der Waals surface area contributed by atoms with Crippen LogP contribution in [0.1, 0.15) is 12.8 Å². The Morgan fingerprint density at radius 3 is 2.58 bits per heavy atom. The molecule has 0 aromatic heterocycles. The Balaban J connectivity index is 1.56. The SMILES string of the molecule is O=C(COC(=O)[C@@H]1CCC(=O)N1)Nc1ccccc1Sc1ccccc1. The number of ether oxygens (including phenoxy) is 1. The van der Waals surface area contributed by atoms with Crippen molar-refractivity contribution in [2.75, 3.05) is 11.9 Å². The van der Waals surface area contributed by atoms with E-state index in [-0.39, 0.29) is 5.91 Å². The zero-order valence-electron chi connectivity index (χ0n) is 13.9. The van der Waals surface area contributed by atoms with Gasteiger partial charge in [-0.05, 0) is 30.7 Å². The van der Waals surface area contributed by atoms with Crippen LogP contribution in [0.25, 0.3) is 0 Å². The van der Waals surface area contributed by atoms with E-state index in [0.717, 1.165) is 9.79 Å². The van der Waals surface area contributed by atoms with Crippen molar-refractivity contribution in [2.45, 2.75) is 28.7 Å². The van der Waals surface area contributed by atoms with Crippen LogP contribution in [0.5, 0.6) is 0 Å². The number of nitrogens with one attached hydrogen (secondary N) is 2. The number of anilines is 1. The molecular formula is C19H18N2O4S. The maximum atomic E-state index is 12.1. The molecule has 1 heterocycles. The molecule has 1 aliphatic heterocycles. The second-order valence-corrected chi connectivity index (χ2v) is 6.84. The largest absolute Gasteiger partial charge is 0.454 e. The molecule has 3 rings (SSSR count). The van der Waals surface area contributed by atoms with E-state index >= 15 is 0 Å². The van der Waals surface area contributed by atoms with Crippen molar-refractivity contribution in [1.29, 1.82) is 0 Å². The molecule has 134 valence electrons. The molecule has 2 aromatic rings. The van der Waals surface area contributed by atoms with Crippen molar-refractivity contribution in [2.24, 2.45) is 0 Å². The lowest BCUT2D eigenvalue weighted by atomic mass is 10.2. The van der Waals surface area contributed by atoms with Gasteiger partial charge in [-0.25, -0.2) is 4.79 Å². The molecule has 2 aromatic carbocycles. The van der Waals surface area contributed by atoms with Gasteiger partial charge < -0.3 is 15.4 Å². The van der Waals surface area contributed by atoms with E-state index in [0.29, 0.717) is 18.5 Å². The summed E-state index contributed by atoms with van der Waals surface area (Å²) in [5, 5.41) is 5.28. The predicted octanol–water partition coefficient (Wildman–Crippen LogP) is 2.60. The van der Waals surface area contributed by atoms with E-state index in [4.69, 9.17) is 4.74 Å². The zero-order valence-corrected chi connectivity index (χ0v) is 14.8. The first-order valence-corrected chi connectivity index (χ1v) is 9.01. The van der Waals surface area contributed by atoms with Crippen LogP contribution in [0, 0.1) is 0 Å². The third kappa shape index (κ3) is 4.86. The number of hydrogen-bond acceptors (Lipinski definition) is 5. The highest BCUT2D eigenvalue weighted by atomic mass is 32.2. The molecule has 0 aliphatic carbocycles. The summed E-state index contributed by atoms with van der Waals surface area (Å²) in [6.45, 7) is -0.393.